The zero-order chi connectivity index (χ0) is 19.2. The van der Waals surface area contributed by atoms with Crippen LogP contribution in [0.2, 0.25) is 0 Å². The Kier molecular flexibility index (Phi) is 6.46. The minimum absolute atomic E-state index is 0.192. The molecule has 1 N–H and O–H groups in total. The number of hydrogen-bond acceptors (Lipinski definition) is 5. The molecule has 0 bridgehead atoms. The molecule has 3 amide bonds. The predicted octanol–water partition coefficient (Wildman–Crippen LogP) is 3.04. The van der Waals surface area contributed by atoms with E-state index in [1.165, 1.54) is 11.3 Å². The molecule has 7 nitrogen and oxygen atoms in total. The number of nitrogens with zero attached hydrogens (tertiary/aromatic N) is 2. The van der Waals surface area contributed by atoms with Gasteiger partial charge in [-0.25, -0.2) is 9.59 Å². The van der Waals surface area contributed by atoms with Crippen LogP contribution in [0, 0.1) is 0 Å². The van der Waals surface area contributed by atoms with Crippen LogP contribution in [0.1, 0.15) is 9.67 Å². The first-order valence-corrected chi connectivity index (χ1v) is 9.95. The summed E-state index contributed by atoms with van der Waals surface area (Å²) in [5, 5.41) is 2.83. The lowest BCUT2D eigenvalue weighted by Crippen LogP contribution is -2.52. The molecule has 2 aromatic rings. The van der Waals surface area contributed by atoms with E-state index in [2.05, 4.69) is 21.2 Å². The third-order valence-electron chi connectivity index (χ3n) is 4.05. The number of amides is 3. The maximum atomic E-state index is 12.3. The Balaban J connectivity index is 1.42. The van der Waals surface area contributed by atoms with Crippen molar-refractivity contribution in [3.63, 3.8) is 0 Å². The third kappa shape index (κ3) is 5.30. The first-order valence-electron chi connectivity index (χ1n) is 8.34. The molecule has 1 aromatic heterocycles. The van der Waals surface area contributed by atoms with E-state index >= 15 is 0 Å². The molecule has 142 valence electrons. The molecule has 2 heterocycles. The van der Waals surface area contributed by atoms with Crippen molar-refractivity contribution in [1.29, 1.82) is 0 Å². The number of benzene rings is 1. The Morgan fingerprint density at radius 3 is 2.30 bits per heavy atom. The predicted molar refractivity (Wildman–Crippen MR) is 106 cm³/mol. The van der Waals surface area contributed by atoms with Gasteiger partial charge < -0.3 is 19.9 Å². The highest BCUT2D eigenvalue weighted by atomic mass is 79.9. The summed E-state index contributed by atoms with van der Waals surface area (Å²) in [6, 6.07) is 12.4. The molecule has 0 radical (unpaired) electrons. The van der Waals surface area contributed by atoms with E-state index in [1.54, 1.807) is 21.9 Å². The smallest absolute Gasteiger partial charge is 0.348 e. The van der Waals surface area contributed by atoms with E-state index in [9.17, 15) is 14.4 Å². The number of para-hydroxylation sites is 1. The first kappa shape index (κ1) is 19.4. The van der Waals surface area contributed by atoms with Crippen LogP contribution in [0.5, 0.6) is 0 Å². The SMILES string of the molecule is O=C(OCC(=O)N1CCN(C(=O)Nc2ccccc2)CC1)c1ccc(Br)s1. The van der Waals surface area contributed by atoms with Gasteiger partial charge in [-0.3, -0.25) is 4.79 Å². The summed E-state index contributed by atoms with van der Waals surface area (Å²) in [5.74, 6) is -0.776. The topological polar surface area (TPSA) is 79.0 Å². The van der Waals surface area contributed by atoms with Crippen LogP contribution >= 0.6 is 27.3 Å². The van der Waals surface area contributed by atoms with Crippen LogP contribution in [0.25, 0.3) is 0 Å². The molecular weight excluding hydrogens is 434 g/mol. The fraction of sp³-hybridized carbons (Fsp3) is 0.278. The minimum Gasteiger partial charge on any atom is -0.451 e. The van der Waals surface area contributed by atoms with E-state index in [4.69, 9.17) is 4.74 Å². The van der Waals surface area contributed by atoms with Gasteiger partial charge in [-0.05, 0) is 40.2 Å². The van der Waals surface area contributed by atoms with Crippen molar-refractivity contribution in [3.05, 3.63) is 51.1 Å². The number of ether oxygens (including phenoxy) is 1. The maximum absolute atomic E-state index is 12.3. The van der Waals surface area contributed by atoms with Gasteiger partial charge in [-0.1, -0.05) is 18.2 Å². The Labute approximate surface area is 169 Å². The summed E-state index contributed by atoms with van der Waals surface area (Å²) in [7, 11) is 0. The van der Waals surface area contributed by atoms with Gasteiger partial charge in [0.2, 0.25) is 0 Å². The number of halogens is 1. The molecule has 1 saturated heterocycles. The van der Waals surface area contributed by atoms with Crippen LogP contribution < -0.4 is 5.32 Å². The average molecular weight is 452 g/mol. The van der Waals surface area contributed by atoms with Crippen molar-refractivity contribution in [2.45, 2.75) is 0 Å². The fourth-order valence-corrected chi connectivity index (χ4v) is 3.88. The minimum atomic E-state index is -0.514. The van der Waals surface area contributed by atoms with Gasteiger partial charge in [0.1, 0.15) is 4.88 Å². The highest BCUT2D eigenvalue weighted by molar-refractivity contribution is 9.11. The molecule has 3 rings (SSSR count). The number of nitrogens with one attached hydrogen (secondary N) is 1. The van der Waals surface area contributed by atoms with Gasteiger partial charge in [-0.15, -0.1) is 11.3 Å². The summed E-state index contributed by atoms with van der Waals surface area (Å²) in [5.41, 5.74) is 0.730. The van der Waals surface area contributed by atoms with Crippen molar-refractivity contribution in [2.24, 2.45) is 0 Å². The second kappa shape index (κ2) is 9.01. The number of hydrogen-bond donors (Lipinski definition) is 1. The second-order valence-corrected chi connectivity index (χ2v) is 8.31. The quantitative estimate of drug-likeness (QED) is 0.724. The molecule has 0 aliphatic carbocycles. The van der Waals surface area contributed by atoms with Crippen molar-refractivity contribution >= 4 is 50.9 Å². The molecule has 1 aliphatic heterocycles. The number of urea groups is 1. The lowest BCUT2D eigenvalue weighted by Gasteiger charge is -2.34. The van der Waals surface area contributed by atoms with E-state index in [-0.39, 0.29) is 18.5 Å². The van der Waals surface area contributed by atoms with E-state index in [0.717, 1.165) is 9.47 Å². The number of esters is 1. The molecule has 1 aromatic carbocycles. The Morgan fingerprint density at radius 2 is 1.67 bits per heavy atom. The fourth-order valence-electron chi connectivity index (χ4n) is 2.60. The molecule has 1 aliphatic rings. The zero-order valence-electron chi connectivity index (χ0n) is 14.4. The van der Waals surface area contributed by atoms with Gasteiger partial charge in [0.15, 0.2) is 6.61 Å². The number of anilines is 1. The largest absolute Gasteiger partial charge is 0.451 e. The van der Waals surface area contributed by atoms with Crippen LogP contribution in [0.3, 0.4) is 0 Å². The summed E-state index contributed by atoms with van der Waals surface area (Å²) >= 11 is 4.53. The van der Waals surface area contributed by atoms with Crippen LogP contribution in [0.4, 0.5) is 10.5 Å². The van der Waals surface area contributed by atoms with E-state index in [0.29, 0.717) is 31.1 Å². The van der Waals surface area contributed by atoms with E-state index in [1.807, 2.05) is 30.3 Å². The van der Waals surface area contributed by atoms with Crippen LogP contribution in [-0.4, -0.2) is 60.5 Å². The maximum Gasteiger partial charge on any atom is 0.348 e. The van der Waals surface area contributed by atoms with Crippen LogP contribution in [-0.2, 0) is 9.53 Å². The molecular formula is C18H18BrN3O4S. The standard InChI is InChI=1S/C18H18BrN3O4S/c19-15-7-6-14(27-15)17(24)26-12-16(23)21-8-10-22(11-9-21)18(25)20-13-4-2-1-3-5-13/h1-7H,8-12H2,(H,20,25). The van der Waals surface area contributed by atoms with Crippen LogP contribution in [0.15, 0.2) is 46.3 Å². The van der Waals surface area contributed by atoms with Crippen molar-refractivity contribution < 1.29 is 19.1 Å². The van der Waals surface area contributed by atoms with Crippen molar-refractivity contribution in [3.8, 4) is 0 Å². The monoisotopic (exact) mass is 451 g/mol. The van der Waals surface area contributed by atoms with Gasteiger partial charge in [0.05, 0.1) is 3.79 Å². The van der Waals surface area contributed by atoms with Gasteiger partial charge in [0.25, 0.3) is 5.91 Å². The summed E-state index contributed by atoms with van der Waals surface area (Å²) in [6.07, 6.45) is 0. The van der Waals surface area contributed by atoms with Gasteiger partial charge in [-0.2, -0.15) is 0 Å². The highest BCUT2D eigenvalue weighted by Crippen LogP contribution is 2.22. The summed E-state index contributed by atoms with van der Waals surface area (Å²) < 4.78 is 5.90. The molecule has 27 heavy (non-hydrogen) atoms. The third-order valence-corrected chi connectivity index (χ3v) is 5.65. The summed E-state index contributed by atoms with van der Waals surface area (Å²) in [4.78, 5) is 40.1. The number of thiophene rings is 1. The molecule has 9 heteroatoms. The number of carbonyl (C=O) groups is 3. The van der Waals surface area contributed by atoms with Crippen molar-refractivity contribution in [1.82, 2.24) is 9.80 Å². The molecule has 0 spiro atoms. The Hall–Kier alpha value is -2.39. The molecule has 0 atom stereocenters. The number of carbonyl (C=O) groups excluding carboxylic acids is 3. The average Bonchev–Trinajstić information content (AvgIpc) is 3.13. The lowest BCUT2D eigenvalue weighted by atomic mass is 10.3. The van der Waals surface area contributed by atoms with Gasteiger partial charge >= 0.3 is 12.0 Å². The Bertz CT molecular complexity index is 819. The summed E-state index contributed by atoms with van der Waals surface area (Å²) in [6.45, 7) is 1.36. The first-order chi connectivity index (χ1) is 13.0. The van der Waals surface area contributed by atoms with Crippen molar-refractivity contribution in [2.75, 3.05) is 38.1 Å². The Morgan fingerprint density at radius 1 is 1.00 bits per heavy atom. The lowest BCUT2D eigenvalue weighted by molar-refractivity contribution is -0.135. The van der Waals surface area contributed by atoms with Gasteiger partial charge in [0, 0.05) is 31.9 Å². The second-order valence-electron chi connectivity index (χ2n) is 5.84. The number of piperazine rings is 1. The molecule has 0 saturated carbocycles. The normalized spacial score (nSPS) is 14.0. The zero-order valence-corrected chi connectivity index (χ0v) is 16.8. The highest BCUT2D eigenvalue weighted by Gasteiger charge is 2.25. The van der Waals surface area contributed by atoms with E-state index < -0.39 is 5.97 Å². The number of rotatable bonds is 4. The molecule has 1 fully saturated rings. The molecule has 0 unspecified atom stereocenters.